The van der Waals surface area contributed by atoms with Crippen molar-refractivity contribution in [3.63, 3.8) is 0 Å². The van der Waals surface area contributed by atoms with E-state index >= 15 is 0 Å². The van der Waals surface area contributed by atoms with E-state index in [0.29, 0.717) is 6.04 Å². The summed E-state index contributed by atoms with van der Waals surface area (Å²) in [5, 5.41) is 3.06. The molecule has 0 aromatic rings. The molecular formula is C14H24N2O2. The third-order valence-corrected chi connectivity index (χ3v) is 3.72. The number of piperidine rings is 1. The zero-order valence-electron chi connectivity index (χ0n) is 11.7. The fourth-order valence-electron chi connectivity index (χ4n) is 2.37. The van der Waals surface area contributed by atoms with Crippen molar-refractivity contribution in [2.24, 2.45) is 11.3 Å². The Kier molecular flexibility index (Phi) is 3.64. The summed E-state index contributed by atoms with van der Waals surface area (Å²) in [4.78, 5) is 25.9. The van der Waals surface area contributed by atoms with Crippen LogP contribution in [0.4, 0.5) is 0 Å². The number of carbonyl (C=O) groups excluding carboxylic acids is 2. The number of rotatable bonds is 2. The van der Waals surface area contributed by atoms with E-state index in [1.807, 2.05) is 25.7 Å². The van der Waals surface area contributed by atoms with Crippen molar-refractivity contribution < 1.29 is 9.59 Å². The van der Waals surface area contributed by atoms with Gasteiger partial charge in [0, 0.05) is 30.5 Å². The molecule has 4 heteroatoms. The highest BCUT2D eigenvalue weighted by atomic mass is 16.2. The van der Waals surface area contributed by atoms with Crippen LogP contribution in [-0.4, -0.2) is 35.8 Å². The Labute approximate surface area is 109 Å². The predicted octanol–water partition coefficient (Wildman–Crippen LogP) is 1.55. The Morgan fingerprint density at radius 2 is 1.61 bits per heavy atom. The first-order valence-corrected chi connectivity index (χ1v) is 6.97. The molecule has 2 amide bonds. The normalized spacial score (nSPS) is 21.8. The fraction of sp³-hybridized carbons (Fsp3) is 0.857. The SMILES string of the molecule is CC(C)(C)C(=O)N1CCC(C(=O)NC2CC2)CC1. The Bertz CT molecular complexity index is 334. The predicted molar refractivity (Wildman–Crippen MR) is 69.9 cm³/mol. The van der Waals surface area contributed by atoms with Crippen LogP contribution in [0, 0.1) is 11.3 Å². The maximum atomic E-state index is 12.1. The molecule has 0 spiro atoms. The molecule has 1 saturated heterocycles. The van der Waals surface area contributed by atoms with Crippen LogP contribution in [0.1, 0.15) is 46.5 Å². The summed E-state index contributed by atoms with van der Waals surface area (Å²) < 4.78 is 0. The maximum Gasteiger partial charge on any atom is 0.227 e. The van der Waals surface area contributed by atoms with Crippen LogP contribution in [0.3, 0.4) is 0 Å². The van der Waals surface area contributed by atoms with Crippen molar-refractivity contribution >= 4 is 11.8 Å². The molecule has 0 unspecified atom stereocenters. The van der Waals surface area contributed by atoms with E-state index < -0.39 is 0 Å². The number of hydrogen-bond donors (Lipinski definition) is 1. The second-order valence-corrected chi connectivity index (χ2v) is 6.60. The summed E-state index contributed by atoms with van der Waals surface area (Å²) in [6, 6.07) is 0.437. The Morgan fingerprint density at radius 3 is 2.06 bits per heavy atom. The lowest BCUT2D eigenvalue weighted by Crippen LogP contribution is -2.46. The zero-order valence-corrected chi connectivity index (χ0v) is 11.7. The van der Waals surface area contributed by atoms with E-state index in [2.05, 4.69) is 5.32 Å². The molecule has 0 aromatic heterocycles. The molecule has 0 radical (unpaired) electrons. The van der Waals surface area contributed by atoms with E-state index in [9.17, 15) is 9.59 Å². The summed E-state index contributed by atoms with van der Waals surface area (Å²) in [5.41, 5.74) is -0.316. The highest BCUT2D eigenvalue weighted by molar-refractivity contribution is 5.82. The van der Waals surface area contributed by atoms with Gasteiger partial charge in [0.15, 0.2) is 0 Å². The average Bonchev–Trinajstić information content (AvgIpc) is 3.11. The van der Waals surface area contributed by atoms with Crippen molar-refractivity contribution in [2.75, 3.05) is 13.1 Å². The number of nitrogens with one attached hydrogen (secondary N) is 1. The number of nitrogens with zero attached hydrogens (tertiary/aromatic N) is 1. The summed E-state index contributed by atoms with van der Waals surface area (Å²) in [6.07, 6.45) is 3.88. The van der Waals surface area contributed by atoms with Crippen molar-refractivity contribution in [1.82, 2.24) is 10.2 Å². The highest BCUT2D eigenvalue weighted by Crippen LogP contribution is 2.25. The van der Waals surface area contributed by atoms with E-state index in [0.717, 1.165) is 38.8 Å². The van der Waals surface area contributed by atoms with Crippen molar-refractivity contribution in [2.45, 2.75) is 52.5 Å². The van der Waals surface area contributed by atoms with Gasteiger partial charge in [-0.2, -0.15) is 0 Å². The van der Waals surface area contributed by atoms with Gasteiger partial charge in [-0.3, -0.25) is 9.59 Å². The molecule has 102 valence electrons. The molecular weight excluding hydrogens is 228 g/mol. The van der Waals surface area contributed by atoms with Crippen LogP contribution < -0.4 is 5.32 Å². The molecule has 4 nitrogen and oxygen atoms in total. The van der Waals surface area contributed by atoms with E-state index in [1.54, 1.807) is 0 Å². The molecule has 0 bridgehead atoms. The number of carbonyl (C=O) groups is 2. The minimum atomic E-state index is -0.316. The summed E-state index contributed by atoms with van der Waals surface area (Å²) in [6.45, 7) is 7.28. The van der Waals surface area contributed by atoms with Gasteiger partial charge in [0.25, 0.3) is 0 Å². The lowest BCUT2D eigenvalue weighted by atomic mass is 9.90. The smallest absolute Gasteiger partial charge is 0.227 e. The molecule has 0 atom stereocenters. The minimum Gasteiger partial charge on any atom is -0.353 e. The molecule has 1 heterocycles. The van der Waals surface area contributed by atoms with Gasteiger partial charge >= 0.3 is 0 Å². The van der Waals surface area contributed by atoms with Crippen molar-refractivity contribution in [1.29, 1.82) is 0 Å². The third kappa shape index (κ3) is 3.24. The van der Waals surface area contributed by atoms with Gasteiger partial charge < -0.3 is 10.2 Å². The van der Waals surface area contributed by atoms with Crippen LogP contribution in [0.5, 0.6) is 0 Å². The first-order chi connectivity index (χ1) is 8.38. The van der Waals surface area contributed by atoms with Crippen LogP contribution >= 0.6 is 0 Å². The van der Waals surface area contributed by atoms with Gasteiger partial charge in [0.05, 0.1) is 0 Å². The molecule has 0 aromatic carbocycles. The Balaban J connectivity index is 1.80. The number of likely N-dealkylation sites (tertiary alicyclic amines) is 1. The topological polar surface area (TPSA) is 49.4 Å². The molecule has 1 saturated carbocycles. The first kappa shape index (κ1) is 13.4. The third-order valence-electron chi connectivity index (χ3n) is 3.72. The molecule has 1 N–H and O–H groups in total. The van der Waals surface area contributed by atoms with Gasteiger partial charge in [-0.25, -0.2) is 0 Å². The number of amides is 2. The van der Waals surface area contributed by atoms with E-state index in [1.165, 1.54) is 0 Å². The first-order valence-electron chi connectivity index (χ1n) is 6.97. The van der Waals surface area contributed by atoms with Gasteiger partial charge in [0.2, 0.25) is 11.8 Å². The fourth-order valence-corrected chi connectivity index (χ4v) is 2.37. The molecule has 1 aliphatic heterocycles. The molecule has 2 rings (SSSR count). The lowest BCUT2D eigenvalue weighted by molar-refractivity contribution is -0.142. The van der Waals surface area contributed by atoms with Crippen LogP contribution in [0.2, 0.25) is 0 Å². The lowest BCUT2D eigenvalue weighted by Gasteiger charge is -2.35. The van der Waals surface area contributed by atoms with Crippen LogP contribution in [0.15, 0.2) is 0 Å². The quantitative estimate of drug-likeness (QED) is 0.810. The van der Waals surface area contributed by atoms with Crippen molar-refractivity contribution in [3.8, 4) is 0 Å². The molecule has 2 aliphatic rings. The summed E-state index contributed by atoms with van der Waals surface area (Å²) in [7, 11) is 0. The largest absolute Gasteiger partial charge is 0.353 e. The number of hydrogen-bond acceptors (Lipinski definition) is 2. The van der Waals surface area contributed by atoms with Crippen LogP contribution in [0.25, 0.3) is 0 Å². The van der Waals surface area contributed by atoms with Gasteiger partial charge in [-0.1, -0.05) is 20.8 Å². The zero-order chi connectivity index (χ0) is 13.3. The van der Waals surface area contributed by atoms with Gasteiger partial charge in [-0.15, -0.1) is 0 Å². The van der Waals surface area contributed by atoms with E-state index in [4.69, 9.17) is 0 Å². The molecule has 18 heavy (non-hydrogen) atoms. The minimum absolute atomic E-state index is 0.106. The highest BCUT2D eigenvalue weighted by Gasteiger charge is 2.33. The Hall–Kier alpha value is -1.06. The van der Waals surface area contributed by atoms with Gasteiger partial charge in [0.1, 0.15) is 0 Å². The molecule has 1 aliphatic carbocycles. The monoisotopic (exact) mass is 252 g/mol. The Morgan fingerprint density at radius 1 is 1.06 bits per heavy atom. The maximum absolute atomic E-state index is 12.1. The van der Waals surface area contributed by atoms with Crippen molar-refractivity contribution in [3.05, 3.63) is 0 Å². The molecule has 2 fully saturated rings. The van der Waals surface area contributed by atoms with E-state index in [-0.39, 0.29) is 23.1 Å². The van der Waals surface area contributed by atoms with Crippen LogP contribution in [-0.2, 0) is 9.59 Å². The summed E-state index contributed by atoms with van der Waals surface area (Å²) in [5.74, 6) is 0.499. The standard InChI is InChI=1S/C14H24N2O2/c1-14(2,3)13(18)16-8-6-10(7-9-16)12(17)15-11-4-5-11/h10-11H,4-9H2,1-3H3,(H,15,17). The average molecular weight is 252 g/mol. The summed E-state index contributed by atoms with van der Waals surface area (Å²) >= 11 is 0. The van der Waals surface area contributed by atoms with Gasteiger partial charge in [-0.05, 0) is 25.7 Å². The second-order valence-electron chi connectivity index (χ2n) is 6.60. The second kappa shape index (κ2) is 4.90.